The first-order valence-electron chi connectivity index (χ1n) is 4.58. The van der Waals surface area contributed by atoms with Crippen LogP contribution in [0.1, 0.15) is 6.42 Å². The van der Waals surface area contributed by atoms with Crippen LogP contribution in [0.3, 0.4) is 0 Å². The first-order valence-corrected chi connectivity index (χ1v) is 6.40. The highest BCUT2D eigenvalue weighted by Crippen LogP contribution is 2.18. The summed E-state index contributed by atoms with van der Waals surface area (Å²) in [6.07, 6.45) is 0.680. The average Bonchev–Trinajstić information content (AvgIpc) is 2.69. The number of nitrogens with one attached hydrogen (secondary N) is 1. The van der Waals surface area contributed by atoms with Crippen LogP contribution in [-0.2, 0) is 9.84 Å². The second kappa shape index (κ2) is 3.69. The number of sulfone groups is 1. The third-order valence-corrected chi connectivity index (χ3v) is 4.15. The van der Waals surface area contributed by atoms with Gasteiger partial charge in [0, 0.05) is 6.54 Å². The molecule has 0 aliphatic carbocycles. The number of nitrogens with zero attached hydrogens (tertiary/aromatic N) is 2. The molecule has 0 saturated carbocycles. The second-order valence-electron chi connectivity index (χ2n) is 3.60. The molecule has 0 aromatic carbocycles. The maximum atomic E-state index is 11.2. The summed E-state index contributed by atoms with van der Waals surface area (Å²) in [6.45, 7) is 0.515. The lowest BCUT2D eigenvalue weighted by Crippen LogP contribution is -2.15. The molecule has 1 aliphatic heterocycles. The molecule has 84 valence electrons. The Morgan fingerprint density at radius 1 is 1.53 bits per heavy atom. The molecule has 1 aromatic rings. The van der Waals surface area contributed by atoms with Crippen molar-refractivity contribution in [3.63, 3.8) is 0 Å². The molecule has 0 amide bonds. The van der Waals surface area contributed by atoms with Gasteiger partial charge in [0.15, 0.2) is 9.84 Å². The molecule has 2 heterocycles. The van der Waals surface area contributed by atoms with E-state index in [1.807, 2.05) is 0 Å². The van der Waals surface area contributed by atoms with E-state index in [4.69, 9.17) is 10.2 Å². The topological polar surface area (TPSA) is 111 Å². The minimum atomic E-state index is -2.83. The Balaban J connectivity index is 1.85. The van der Waals surface area contributed by atoms with Crippen molar-refractivity contribution >= 4 is 21.9 Å². The van der Waals surface area contributed by atoms with Gasteiger partial charge in [-0.2, -0.15) is 0 Å². The summed E-state index contributed by atoms with van der Waals surface area (Å²) in [5.74, 6) is 0.609. The van der Waals surface area contributed by atoms with Crippen molar-refractivity contribution in [3.8, 4) is 0 Å². The van der Waals surface area contributed by atoms with Crippen molar-refractivity contribution in [3.05, 3.63) is 0 Å². The Morgan fingerprint density at radius 3 is 2.87 bits per heavy atom. The van der Waals surface area contributed by atoms with Gasteiger partial charge in [0.25, 0.3) is 0 Å². The molecule has 0 radical (unpaired) electrons. The highest BCUT2D eigenvalue weighted by Gasteiger charge is 2.27. The van der Waals surface area contributed by atoms with Crippen molar-refractivity contribution < 1.29 is 12.8 Å². The summed E-state index contributed by atoms with van der Waals surface area (Å²) in [5.41, 5.74) is 5.23. The lowest BCUT2D eigenvalue weighted by Gasteiger charge is -2.06. The van der Waals surface area contributed by atoms with Gasteiger partial charge in [-0.05, 0) is 12.3 Å². The van der Waals surface area contributed by atoms with Gasteiger partial charge in [-0.15, -0.1) is 0 Å². The van der Waals surface area contributed by atoms with Gasteiger partial charge in [-0.1, -0.05) is 10.2 Å². The molecule has 1 saturated heterocycles. The Bertz CT molecular complexity index is 441. The summed E-state index contributed by atoms with van der Waals surface area (Å²) in [7, 11) is -2.83. The second-order valence-corrected chi connectivity index (χ2v) is 5.82. The summed E-state index contributed by atoms with van der Waals surface area (Å²) in [5, 5.41) is 9.94. The zero-order chi connectivity index (χ0) is 10.9. The Morgan fingerprint density at radius 2 is 2.33 bits per heavy atom. The van der Waals surface area contributed by atoms with Crippen LogP contribution in [0, 0.1) is 5.92 Å². The quantitative estimate of drug-likeness (QED) is 0.722. The predicted molar refractivity (Wildman–Crippen MR) is 54.0 cm³/mol. The molecule has 15 heavy (non-hydrogen) atoms. The van der Waals surface area contributed by atoms with E-state index >= 15 is 0 Å². The van der Waals surface area contributed by atoms with Crippen LogP contribution in [0.4, 0.5) is 12.0 Å². The lowest BCUT2D eigenvalue weighted by molar-refractivity contribution is 0.563. The molecule has 8 heteroatoms. The molecule has 1 unspecified atom stereocenters. The van der Waals surface area contributed by atoms with E-state index < -0.39 is 9.84 Å². The number of aromatic nitrogens is 2. The molecule has 2 rings (SSSR count). The third-order valence-electron chi connectivity index (χ3n) is 2.31. The Hall–Kier alpha value is -1.31. The Kier molecular flexibility index (Phi) is 2.51. The molecule has 3 N–H and O–H groups in total. The van der Waals surface area contributed by atoms with Gasteiger partial charge < -0.3 is 15.5 Å². The van der Waals surface area contributed by atoms with E-state index in [9.17, 15) is 8.42 Å². The van der Waals surface area contributed by atoms with Crippen molar-refractivity contribution in [1.29, 1.82) is 0 Å². The summed E-state index contributed by atoms with van der Waals surface area (Å²) >= 11 is 0. The van der Waals surface area contributed by atoms with Crippen LogP contribution >= 0.6 is 0 Å². The lowest BCUT2D eigenvalue weighted by atomic mass is 10.1. The van der Waals surface area contributed by atoms with E-state index in [0.717, 1.165) is 0 Å². The zero-order valence-electron chi connectivity index (χ0n) is 8.01. The molecule has 0 bridgehead atoms. The maximum absolute atomic E-state index is 11.2. The average molecular weight is 232 g/mol. The molecule has 1 aromatic heterocycles. The van der Waals surface area contributed by atoms with E-state index in [1.54, 1.807) is 0 Å². The van der Waals surface area contributed by atoms with Crippen LogP contribution in [0.15, 0.2) is 4.42 Å². The van der Waals surface area contributed by atoms with Crippen LogP contribution in [-0.4, -0.2) is 36.7 Å². The first-order chi connectivity index (χ1) is 7.05. The fourth-order valence-corrected chi connectivity index (χ4v) is 3.43. The molecule has 1 fully saturated rings. The highest BCUT2D eigenvalue weighted by atomic mass is 32.2. The van der Waals surface area contributed by atoms with E-state index in [2.05, 4.69) is 15.5 Å². The summed E-state index contributed by atoms with van der Waals surface area (Å²) < 4.78 is 27.2. The number of rotatable bonds is 3. The van der Waals surface area contributed by atoms with Crippen molar-refractivity contribution in [2.45, 2.75) is 6.42 Å². The fourth-order valence-electron chi connectivity index (χ4n) is 1.57. The molecule has 7 nitrogen and oxygen atoms in total. The minimum Gasteiger partial charge on any atom is -0.390 e. The van der Waals surface area contributed by atoms with E-state index in [0.29, 0.717) is 13.0 Å². The number of anilines is 2. The van der Waals surface area contributed by atoms with Gasteiger partial charge in [-0.3, -0.25) is 0 Å². The molecule has 1 aliphatic rings. The van der Waals surface area contributed by atoms with E-state index in [1.165, 1.54) is 0 Å². The summed E-state index contributed by atoms with van der Waals surface area (Å²) in [6, 6.07) is 0.230. The van der Waals surface area contributed by atoms with Gasteiger partial charge >= 0.3 is 12.0 Å². The van der Waals surface area contributed by atoms with Gasteiger partial charge in [0.1, 0.15) is 0 Å². The fraction of sp³-hybridized carbons (Fsp3) is 0.714. The highest BCUT2D eigenvalue weighted by molar-refractivity contribution is 7.91. The molecule has 0 spiro atoms. The van der Waals surface area contributed by atoms with Crippen LogP contribution < -0.4 is 11.1 Å². The van der Waals surface area contributed by atoms with Crippen LogP contribution in [0.2, 0.25) is 0 Å². The largest absolute Gasteiger partial charge is 0.390 e. The SMILES string of the molecule is Nc1nnc(NCC2CCS(=O)(=O)C2)o1. The van der Waals surface area contributed by atoms with Gasteiger partial charge in [0.05, 0.1) is 11.5 Å². The number of hydrogen-bond donors (Lipinski definition) is 2. The number of hydrogen-bond acceptors (Lipinski definition) is 7. The van der Waals surface area contributed by atoms with Crippen molar-refractivity contribution in [2.24, 2.45) is 5.92 Å². The van der Waals surface area contributed by atoms with Crippen molar-refractivity contribution in [2.75, 3.05) is 29.1 Å². The number of nitrogen functional groups attached to an aromatic ring is 1. The normalized spacial score (nSPS) is 24.1. The van der Waals surface area contributed by atoms with E-state index in [-0.39, 0.29) is 29.5 Å². The Labute approximate surface area is 87.0 Å². The smallest absolute Gasteiger partial charge is 0.316 e. The minimum absolute atomic E-state index is 0.00320. The summed E-state index contributed by atoms with van der Waals surface area (Å²) in [4.78, 5) is 0. The van der Waals surface area contributed by atoms with Crippen LogP contribution in [0.25, 0.3) is 0 Å². The van der Waals surface area contributed by atoms with Gasteiger partial charge in [0.2, 0.25) is 0 Å². The predicted octanol–water partition coefficient (Wildman–Crippen LogP) is -0.502. The zero-order valence-corrected chi connectivity index (χ0v) is 8.83. The first kappa shape index (κ1) is 10.2. The molecular weight excluding hydrogens is 220 g/mol. The monoisotopic (exact) mass is 232 g/mol. The van der Waals surface area contributed by atoms with Crippen molar-refractivity contribution in [1.82, 2.24) is 10.2 Å². The van der Waals surface area contributed by atoms with Gasteiger partial charge in [-0.25, -0.2) is 8.42 Å². The third kappa shape index (κ3) is 2.58. The molecular formula is C7H12N4O3S. The standard InChI is InChI=1S/C7H12N4O3S/c8-6-10-11-7(14-6)9-3-5-1-2-15(12,13)4-5/h5H,1-4H2,(H2,8,10)(H,9,11). The molecule has 1 atom stereocenters. The maximum Gasteiger partial charge on any atom is 0.316 e. The number of nitrogens with two attached hydrogens (primary N) is 1. The van der Waals surface area contributed by atoms with Crippen LogP contribution in [0.5, 0.6) is 0 Å².